The van der Waals surface area contributed by atoms with E-state index in [1.807, 2.05) is 36.4 Å². The van der Waals surface area contributed by atoms with Crippen molar-refractivity contribution in [1.29, 1.82) is 0 Å². The Morgan fingerprint density at radius 3 is 2.16 bits per heavy atom. The summed E-state index contributed by atoms with van der Waals surface area (Å²) in [5.74, 6) is 2.96. The van der Waals surface area contributed by atoms with E-state index < -0.39 is 56.6 Å². The number of hydrogen-bond donors (Lipinski definition) is 2. The molecule has 1 aliphatic rings. The van der Waals surface area contributed by atoms with Crippen LogP contribution in [0.3, 0.4) is 0 Å². The van der Waals surface area contributed by atoms with Gasteiger partial charge in [-0.3, -0.25) is 19.1 Å². The number of aromatic nitrogens is 2. The summed E-state index contributed by atoms with van der Waals surface area (Å²) in [7, 11) is 0.283. The maximum Gasteiger partial charge on any atom is 0.471 e. The first-order chi connectivity index (χ1) is 23.4. The van der Waals surface area contributed by atoms with Crippen molar-refractivity contribution in [2.75, 3.05) is 19.1 Å². The molecule has 9 nitrogen and oxygen atoms in total. The molecule has 270 valence electrons. The van der Waals surface area contributed by atoms with Crippen molar-refractivity contribution in [3.8, 4) is 11.8 Å². The molecule has 2 aromatic carbocycles. The van der Waals surface area contributed by atoms with Gasteiger partial charge in [0.2, 0.25) is 0 Å². The molecule has 3 atom stereocenters. The number of nitrogens with zero attached hydrogens (tertiary/aromatic N) is 1. The Hall–Kier alpha value is -3.26. The van der Waals surface area contributed by atoms with Crippen LogP contribution in [0.5, 0.6) is 0 Å². The van der Waals surface area contributed by atoms with Crippen LogP contribution in [0, 0.1) is 11.8 Å². The van der Waals surface area contributed by atoms with E-state index in [0.29, 0.717) is 5.94 Å². The molecule has 2 heterocycles. The van der Waals surface area contributed by atoms with Crippen molar-refractivity contribution in [2.45, 2.75) is 82.4 Å². The number of rotatable bonds is 11. The predicted octanol–water partition coefficient (Wildman–Crippen LogP) is 4.95. The van der Waals surface area contributed by atoms with Gasteiger partial charge in [-0.2, -0.15) is 13.2 Å². The van der Waals surface area contributed by atoms with Crippen LogP contribution in [0.2, 0.25) is 5.04 Å². The first-order valence-corrected chi connectivity index (χ1v) is 20.2. The van der Waals surface area contributed by atoms with Gasteiger partial charge in [-0.05, 0) is 15.4 Å². The number of alkyl halides is 3. The van der Waals surface area contributed by atoms with Crippen LogP contribution >= 0.6 is 21.6 Å². The number of H-pyrrole nitrogens is 1. The monoisotopic (exact) mass is 749 g/mol. The highest BCUT2D eigenvalue weighted by molar-refractivity contribution is 8.77. The average Bonchev–Trinajstić information content (AvgIpc) is 3.44. The molecule has 0 bridgehead atoms. The average molecular weight is 750 g/mol. The van der Waals surface area contributed by atoms with E-state index in [1.54, 1.807) is 26.9 Å². The standard InChI is InChI=1S/C35H42F3N3O6S2Si/c1-33(2,3)49-48-23-45-27-20-29(41-21-24(30(42)40-32(41)44)14-13-19-39-31(43)35(36,37)38)47-28(27)22-46-50(34(4,5)6,25-15-9-7-10-16-25)26-17-11-8-12-18-26/h7-12,15-18,21,27-29H,19-20,22-23H2,1-6H3,(H,39,43)(H,40,42,44)/t27?,28-,29-/m1/s1. The number of aromatic amines is 1. The van der Waals surface area contributed by atoms with Crippen molar-refractivity contribution in [1.82, 2.24) is 14.9 Å². The van der Waals surface area contributed by atoms with E-state index in [1.165, 1.54) is 10.8 Å². The smallest absolute Gasteiger partial charge is 0.405 e. The maximum atomic E-state index is 13.0. The Labute approximate surface area is 298 Å². The molecule has 1 aliphatic heterocycles. The number of hydrogen-bond acceptors (Lipinski definition) is 8. The van der Waals surface area contributed by atoms with Gasteiger partial charge in [0.05, 0.1) is 19.3 Å². The van der Waals surface area contributed by atoms with E-state index in [0.717, 1.165) is 10.4 Å². The highest BCUT2D eigenvalue weighted by Gasteiger charge is 2.51. The fourth-order valence-corrected chi connectivity index (χ4v) is 12.2. The van der Waals surface area contributed by atoms with Crippen LogP contribution in [0.15, 0.2) is 76.4 Å². The van der Waals surface area contributed by atoms with E-state index >= 15 is 0 Å². The topological polar surface area (TPSA) is 112 Å². The largest absolute Gasteiger partial charge is 0.471 e. The second-order valence-corrected chi connectivity index (χ2v) is 21.0. The minimum atomic E-state index is -5.06. The maximum absolute atomic E-state index is 13.0. The summed E-state index contributed by atoms with van der Waals surface area (Å²) < 4.78 is 58.7. The second kappa shape index (κ2) is 16.4. The van der Waals surface area contributed by atoms with Crippen molar-refractivity contribution in [3.05, 3.63) is 93.3 Å². The predicted molar refractivity (Wildman–Crippen MR) is 194 cm³/mol. The summed E-state index contributed by atoms with van der Waals surface area (Å²) >= 11 is 0. The summed E-state index contributed by atoms with van der Waals surface area (Å²) in [6.07, 6.45) is -5.58. The third kappa shape index (κ3) is 9.95. The number of ether oxygens (including phenoxy) is 2. The molecule has 50 heavy (non-hydrogen) atoms. The summed E-state index contributed by atoms with van der Waals surface area (Å²) in [4.78, 5) is 38.9. The van der Waals surface area contributed by atoms with E-state index in [2.05, 4.69) is 82.6 Å². The first kappa shape index (κ1) is 39.5. The van der Waals surface area contributed by atoms with Crippen LogP contribution in [0.4, 0.5) is 13.2 Å². The molecule has 0 radical (unpaired) electrons. The molecule has 0 aliphatic carbocycles. The van der Waals surface area contributed by atoms with Crippen molar-refractivity contribution in [2.24, 2.45) is 0 Å². The SMILES string of the molecule is CC(C)(C)SSCOC1C[C@H](n2cc(C#CCNC(=O)C(F)(F)F)c(=O)[nH]c2=O)O[C@@H]1CO[Si](c1ccccc1)(c1ccccc1)C(C)(C)C. The van der Waals surface area contributed by atoms with Crippen molar-refractivity contribution >= 4 is 46.2 Å². The Balaban J connectivity index is 1.64. The lowest BCUT2D eigenvalue weighted by Gasteiger charge is -2.43. The molecule has 15 heteroatoms. The van der Waals surface area contributed by atoms with Crippen LogP contribution in [0.25, 0.3) is 0 Å². The molecular weight excluding hydrogens is 708 g/mol. The molecule has 2 N–H and O–H groups in total. The zero-order chi connectivity index (χ0) is 36.7. The molecule has 1 amide bonds. The zero-order valence-corrected chi connectivity index (χ0v) is 31.4. The summed E-state index contributed by atoms with van der Waals surface area (Å²) in [6, 6.07) is 20.3. The molecule has 3 aromatic rings. The fourth-order valence-electron chi connectivity index (χ4n) is 5.63. The minimum Gasteiger partial charge on any atom is -0.405 e. The quantitative estimate of drug-likeness (QED) is 0.0932. The van der Waals surface area contributed by atoms with Crippen LogP contribution in [0.1, 0.15) is 59.8 Å². The Morgan fingerprint density at radius 1 is 1.02 bits per heavy atom. The molecule has 0 saturated carbocycles. The number of carbonyl (C=O) groups excluding carboxylic acids is 1. The van der Waals surface area contributed by atoms with Gasteiger partial charge in [-0.15, -0.1) is 0 Å². The van der Waals surface area contributed by atoms with E-state index in [4.69, 9.17) is 13.9 Å². The fraction of sp³-hybridized carbons (Fsp3) is 0.457. The highest BCUT2D eigenvalue weighted by Crippen LogP contribution is 2.40. The normalized spacial score (nSPS) is 18.4. The Kier molecular flexibility index (Phi) is 13.0. The Morgan fingerprint density at radius 2 is 1.62 bits per heavy atom. The molecule has 1 fully saturated rings. The number of carbonyl (C=O) groups is 1. The molecule has 1 unspecified atom stereocenters. The number of halogens is 3. The van der Waals surface area contributed by atoms with Gasteiger partial charge in [0.1, 0.15) is 23.8 Å². The summed E-state index contributed by atoms with van der Waals surface area (Å²) in [5, 5.41) is 3.51. The van der Waals surface area contributed by atoms with Crippen LogP contribution in [-0.4, -0.2) is 66.0 Å². The summed E-state index contributed by atoms with van der Waals surface area (Å²) in [5.41, 5.74) is -1.76. The van der Waals surface area contributed by atoms with Crippen LogP contribution in [-0.2, 0) is 18.7 Å². The Bertz CT molecular complexity index is 1740. The molecule has 0 spiro atoms. The zero-order valence-electron chi connectivity index (χ0n) is 28.8. The van der Waals surface area contributed by atoms with Crippen LogP contribution < -0.4 is 26.9 Å². The molecule has 1 aromatic heterocycles. The number of nitrogens with one attached hydrogen (secondary N) is 2. The summed E-state index contributed by atoms with van der Waals surface area (Å²) in [6.45, 7) is 12.3. The van der Waals surface area contributed by atoms with Gasteiger partial charge in [0.15, 0.2) is 0 Å². The lowest BCUT2D eigenvalue weighted by Crippen LogP contribution is -2.67. The number of amides is 1. The highest BCUT2D eigenvalue weighted by atomic mass is 33.1. The van der Waals surface area contributed by atoms with E-state index in [9.17, 15) is 27.6 Å². The third-order valence-corrected chi connectivity index (χ3v) is 15.8. The van der Waals surface area contributed by atoms with Gasteiger partial charge in [0.25, 0.3) is 13.9 Å². The van der Waals surface area contributed by atoms with Gasteiger partial charge in [0, 0.05) is 17.4 Å². The van der Waals surface area contributed by atoms with E-state index in [-0.39, 0.29) is 28.4 Å². The first-order valence-electron chi connectivity index (χ1n) is 15.9. The lowest BCUT2D eigenvalue weighted by atomic mass is 10.2. The third-order valence-electron chi connectivity index (χ3n) is 7.80. The lowest BCUT2D eigenvalue weighted by molar-refractivity contribution is -0.173. The molecular formula is C35H42F3N3O6S2Si. The van der Waals surface area contributed by atoms with Gasteiger partial charge in [-0.25, -0.2) is 4.79 Å². The van der Waals surface area contributed by atoms with Crippen molar-refractivity contribution in [3.63, 3.8) is 0 Å². The minimum absolute atomic E-state index is 0.00470. The number of benzene rings is 2. The molecule has 4 rings (SSSR count). The van der Waals surface area contributed by atoms with Gasteiger partial charge >= 0.3 is 17.8 Å². The second-order valence-electron chi connectivity index (χ2n) is 13.7. The van der Waals surface area contributed by atoms with Gasteiger partial charge in [-0.1, -0.05) is 136 Å². The van der Waals surface area contributed by atoms with Crippen molar-refractivity contribution < 1.29 is 31.9 Å². The molecule has 1 saturated heterocycles. The van der Waals surface area contributed by atoms with Gasteiger partial charge < -0.3 is 19.2 Å².